The number of amides is 2. The molecule has 2 fully saturated rings. The molecule has 1 aromatic carbocycles. The van der Waals surface area contributed by atoms with Crippen LogP contribution >= 0.6 is 0 Å². The number of benzene rings is 1. The number of rotatable bonds is 6. The summed E-state index contributed by atoms with van der Waals surface area (Å²) in [6, 6.07) is 6.98. The summed E-state index contributed by atoms with van der Waals surface area (Å²) in [7, 11) is 1.62. The minimum atomic E-state index is -0.708. The molecular weight excluding hydrogens is 322 g/mol. The van der Waals surface area contributed by atoms with E-state index in [4.69, 9.17) is 10.5 Å². The van der Waals surface area contributed by atoms with Gasteiger partial charge in [0.15, 0.2) is 0 Å². The number of β-lactam (4-membered cyclic amide) rings is 1. The van der Waals surface area contributed by atoms with E-state index in [9.17, 15) is 14.7 Å². The first-order chi connectivity index (χ1) is 12.0. The molecule has 2 amide bonds. The van der Waals surface area contributed by atoms with Crippen LogP contribution in [0.2, 0.25) is 0 Å². The predicted octanol–water partition coefficient (Wildman–Crippen LogP) is -0.0342. The number of aliphatic hydroxyl groups is 1. The summed E-state index contributed by atoms with van der Waals surface area (Å²) < 4.78 is 5.15. The van der Waals surface area contributed by atoms with Crippen molar-refractivity contribution in [2.24, 2.45) is 11.1 Å². The van der Waals surface area contributed by atoms with Crippen molar-refractivity contribution in [3.8, 4) is 5.75 Å². The molecule has 1 aromatic rings. The first-order valence-electron chi connectivity index (χ1n) is 8.55. The average molecular weight is 347 g/mol. The summed E-state index contributed by atoms with van der Waals surface area (Å²) in [5.41, 5.74) is 5.99. The van der Waals surface area contributed by atoms with Gasteiger partial charge in [0, 0.05) is 19.6 Å². The first-order valence-corrected chi connectivity index (χ1v) is 8.55. The number of carbonyl (C=O) groups is 2. The van der Waals surface area contributed by atoms with Gasteiger partial charge >= 0.3 is 0 Å². The number of carbonyl (C=O) groups excluding carboxylic acids is 2. The molecule has 25 heavy (non-hydrogen) atoms. The van der Waals surface area contributed by atoms with Crippen LogP contribution in [-0.4, -0.2) is 66.1 Å². The number of ether oxygens (including phenoxy) is 1. The lowest BCUT2D eigenvalue weighted by Gasteiger charge is -2.54. The van der Waals surface area contributed by atoms with Gasteiger partial charge in [-0.15, -0.1) is 0 Å². The lowest BCUT2D eigenvalue weighted by molar-refractivity contribution is -0.169. The van der Waals surface area contributed by atoms with Crippen molar-refractivity contribution >= 4 is 11.8 Å². The van der Waals surface area contributed by atoms with E-state index < -0.39 is 17.4 Å². The average Bonchev–Trinajstić information content (AvgIpc) is 2.62. The van der Waals surface area contributed by atoms with Gasteiger partial charge in [-0.25, -0.2) is 0 Å². The molecule has 3 N–H and O–H groups in total. The lowest BCUT2D eigenvalue weighted by Crippen LogP contribution is -2.68. The lowest BCUT2D eigenvalue weighted by atomic mass is 9.72. The van der Waals surface area contributed by atoms with E-state index in [0.717, 1.165) is 24.2 Å². The van der Waals surface area contributed by atoms with Crippen LogP contribution in [-0.2, 0) is 16.1 Å². The van der Waals surface area contributed by atoms with Crippen LogP contribution in [0.4, 0.5) is 0 Å². The number of nitrogens with zero attached hydrogens (tertiary/aromatic N) is 2. The highest BCUT2D eigenvalue weighted by Gasteiger charge is 2.54. The van der Waals surface area contributed by atoms with Crippen LogP contribution < -0.4 is 10.5 Å². The van der Waals surface area contributed by atoms with Crippen molar-refractivity contribution in [3.05, 3.63) is 29.8 Å². The van der Waals surface area contributed by atoms with Crippen molar-refractivity contribution in [3.63, 3.8) is 0 Å². The molecule has 0 aromatic heterocycles. The number of aliphatic hydroxyl groups excluding tert-OH is 1. The Balaban J connectivity index is 1.63. The van der Waals surface area contributed by atoms with Gasteiger partial charge in [-0.3, -0.25) is 14.5 Å². The summed E-state index contributed by atoms with van der Waals surface area (Å²) in [6.45, 7) is 2.10. The predicted molar refractivity (Wildman–Crippen MR) is 91.7 cm³/mol. The Morgan fingerprint density at radius 1 is 1.36 bits per heavy atom. The molecule has 2 aliphatic rings. The Kier molecular flexibility index (Phi) is 4.96. The SMILES string of the molecule is COc1ccc(CN2CC3(CCCN(C(CO)C(N)=O)C3)C2=O)cc1. The fraction of sp³-hybridized carbons (Fsp3) is 0.556. The fourth-order valence-corrected chi connectivity index (χ4v) is 3.95. The van der Waals surface area contributed by atoms with Crippen LogP contribution in [0, 0.1) is 5.41 Å². The van der Waals surface area contributed by atoms with Gasteiger partial charge in [-0.2, -0.15) is 0 Å². The second-order valence-corrected chi connectivity index (χ2v) is 6.96. The molecule has 7 nitrogen and oxygen atoms in total. The second-order valence-electron chi connectivity index (χ2n) is 6.96. The van der Waals surface area contributed by atoms with Crippen molar-refractivity contribution in [2.75, 3.05) is 33.4 Å². The standard InChI is InChI=1S/C18H25N3O4/c1-25-14-5-3-13(4-6-14)9-21-12-18(17(21)24)7-2-8-20(11-18)15(10-22)16(19)23/h3-6,15,22H,2,7-12H2,1H3,(H2,19,23). The molecule has 0 bridgehead atoms. The van der Waals surface area contributed by atoms with E-state index in [1.165, 1.54) is 0 Å². The summed E-state index contributed by atoms with van der Waals surface area (Å²) in [6.07, 6.45) is 1.64. The van der Waals surface area contributed by atoms with E-state index in [2.05, 4.69) is 0 Å². The molecule has 1 spiro atoms. The van der Waals surface area contributed by atoms with Gasteiger partial charge in [0.25, 0.3) is 0 Å². The van der Waals surface area contributed by atoms with E-state index in [-0.39, 0.29) is 12.5 Å². The van der Waals surface area contributed by atoms with Crippen LogP contribution in [0.15, 0.2) is 24.3 Å². The third-order valence-corrected chi connectivity index (χ3v) is 5.32. The molecule has 7 heteroatoms. The molecule has 2 aliphatic heterocycles. The Bertz CT molecular complexity index is 648. The van der Waals surface area contributed by atoms with Gasteiger partial charge < -0.3 is 20.5 Å². The zero-order chi connectivity index (χ0) is 18.0. The summed E-state index contributed by atoms with van der Waals surface area (Å²) in [5, 5.41) is 9.42. The molecule has 136 valence electrons. The van der Waals surface area contributed by atoms with Crippen LogP contribution in [0.25, 0.3) is 0 Å². The largest absolute Gasteiger partial charge is 0.497 e. The number of likely N-dealkylation sites (tertiary alicyclic amines) is 2. The molecule has 2 heterocycles. The molecule has 2 atom stereocenters. The van der Waals surface area contributed by atoms with Gasteiger partial charge in [0.1, 0.15) is 11.8 Å². The Morgan fingerprint density at radius 2 is 2.08 bits per heavy atom. The molecule has 2 unspecified atom stereocenters. The van der Waals surface area contributed by atoms with Gasteiger partial charge in [-0.1, -0.05) is 12.1 Å². The van der Waals surface area contributed by atoms with Crippen molar-refractivity contribution < 1.29 is 19.4 Å². The van der Waals surface area contributed by atoms with Crippen LogP contribution in [0.3, 0.4) is 0 Å². The molecule has 0 radical (unpaired) electrons. The normalized spacial score (nSPS) is 24.9. The number of hydrogen-bond donors (Lipinski definition) is 2. The molecule has 0 aliphatic carbocycles. The second kappa shape index (κ2) is 7.01. The van der Waals surface area contributed by atoms with Gasteiger partial charge in [0.05, 0.1) is 19.1 Å². The third kappa shape index (κ3) is 3.34. The van der Waals surface area contributed by atoms with Crippen LogP contribution in [0.1, 0.15) is 18.4 Å². The number of primary amides is 1. The Hall–Kier alpha value is -2.12. The molecule has 2 saturated heterocycles. The quantitative estimate of drug-likeness (QED) is 0.704. The number of methoxy groups -OCH3 is 1. The van der Waals surface area contributed by atoms with E-state index >= 15 is 0 Å². The highest BCUT2D eigenvalue weighted by atomic mass is 16.5. The minimum absolute atomic E-state index is 0.120. The van der Waals surface area contributed by atoms with E-state index in [1.54, 1.807) is 7.11 Å². The smallest absolute Gasteiger partial charge is 0.237 e. The zero-order valence-electron chi connectivity index (χ0n) is 14.5. The van der Waals surface area contributed by atoms with Crippen molar-refractivity contribution in [2.45, 2.75) is 25.4 Å². The Morgan fingerprint density at radius 3 is 2.64 bits per heavy atom. The van der Waals surface area contributed by atoms with Crippen LogP contribution in [0.5, 0.6) is 5.75 Å². The fourth-order valence-electron chi connectivity index (χ4n) is 3.95. The number of nitrogens with two attached hydrogens (primary N) is 1. The highest BCUT2D eigenvalue weighted by Crippen LogP contribution is 2.41. The molecule has 3 rings (SSSR count). The monoisotopic (exact) mass is 347 g/mol. The highest BCUT2D eigenvalue weighted by molar-refractivity contribution is 5.89. The summed E-state index contributed by atoms with van der Waals surface area (Å²) in [4.78, 5) is 28.0. The number of hydrogen-bond acceptors (Lipinski definition) is 5. The zero-order valence-corrected chi connectivity index (χ0v) is 14.5. The van der Waals surface area contributed by atoms with Crippen molar-refractivity contribution in [1.29, 1.82) is 0 Å². The summed E-state index contributed by atoms with van der Waals surface area (Å²) in [5.74, 6) is 0.371. The maximum atomic E-state index is 12.8. The van der Waals surface area contributed by atoms with E-state index in [0.29, 0.717) is 26.2 Å². The third-order valence-electron chi connectivity index (χ3n) is 5.32. The Labute approximate surface area is 147 Å². The first kappa shape index (κ1) is 17.7. The molecule has 0 saturated carbocycles. The maximum Gasteiger partial charge on any atom is 0.237 e. The number of piperidine rings is 1. The van der Waals surface area contributed by atoms with Gasteiger partial charge in [0.2, 0.25) is 11.8 Å². The maximum absolute atomic E-state index is 12.8. The topological polar surface area (TPSA) is 96.1 Å². The van der Waals surface area contributed by atoms with Crippen molar-refractivity contribution in [1.82, 2.24) is 9.80 Å². The van der Waals surface area contributed by atoms with E-state index in [1.807, 2.05) is 34.1 Å². The van der Waals surface area contributed by atoms with Gasteiger partial charge in [-0.05, 0) is 37.1 Å². The summed E-state index contributed by atoms with van der Waals surface area (Å²) >= 11 is 0. The molecular formula is C18H25N3O4. The minimum Gasteiger partial charge on any atom is -0.497 e.